The Labute approximate surface area is 163 Å². The van der Waals surface area contributed by atoms with Gasteiger partial charge in [0.25, 0.3) is 0 Å². The van der Waals surface area contributed by atoms with Crippen LogP contribution in [-0.2, 0) is 0 Å². The zero-order chi connectivity index (χ0) is 18.7. The predicted octanol–water partition coefficient (Wildman–Crippen LogP) is 5.65. The molecule has 0 atom stereocenters. The van der Waals surface area contributed by atoms with Crippen LogP contribution in [0.5, 0.6) is 0 Å². The average Bonchev–Trinajstić information content (AvgIpc) is 2.53. The monoisotopic (exact) mass is 387 g/mol. The van der Waals surface area contributed by atoms with Crippen LogP contribution in [0.3, 0.4) is 0 Å². The molecule has 1 aromatic heterocycles. The number of benzene rings is 2. The highest BCUT2D eigenvalue weighted by atomic mass is 35.5. The van der Waals surface area contributed by atoms with E-state index in [0.717, 1.165) is 22.8 Å². The molecule has 0 saturated heterocycles. The number of rotatable bonds is 5. The molecule has 0 saturated carbocycles. The Hall–Kier alpha value is -2.50. The van der Waals surface area contributed by atoms with Gasteiger partial charge in [-0.15, -0.1) is 0 Å². The SMILES string of the molecule is Cc1cc(Nc2cc(Cl)cc(Cl)c2)nc(Nc2ccc(N(C)C)cc2)n1. The number of nitrogens with one attached hydrogen (secondary N) is 2. The van der Waals surface area contributed by atoms with Gasteiger partial charge in [-0.1, -0.05) is 23.2 Å². The number of hydrogen-bond acceptors (Lipinski definition) is 5. The second kappa shape index (κ2) is 7.81. The minimum Gasteiger partial charge on any atom is -0.378 e. The minimum absolute atomic E-state index is 0.512. The lowest BCUT2D eigenvalue weighted by Crippen LogP contribution is -2.08. The third-order valence-electron chi connectivity index (χ3n) is 3.63. The molecule has 134 valence electrons. The normalized spacial score (nSPS) is 10.5. The average molecular weight is 388 g/mol. The first-order chi connectivity index (χ1) is 12.4. The van der Waals surface area contributed by atoms with Gasteiger partial charge in [0.1, 0.15) is 5.82 Å². The summed E-state index contributed by atoms with van der Waals surface area (Å²) in [5.74, 6) is 1.17. The van der Waals surface area contributed by atoms with Crippen LogP contribution in [0.4, 0.5) is 28.8 Å². The molecule has 2 N–H and O–H groups in total. The van der Waals surface area contributed by atoms with Crippen molar-refractivity contribution >= 4 is 52.0 Å². The molecule has 0 aliphatic carbocycles. The van der Waals surface area contributed by atoms with Gasteiger partial charge in [-0.2, -0.15) is 4.98 Å². The second-order valence-electron chi connectivity index (χ2n) is 6.07. The van der Waals surface area contributed by atoms with Gasteiger partial charge >= 0.3 is 0 Å². The molecular formula is C19H19Cl2N5. The Kier molecular flexibility index (Phi) is 5.49. The summed E-state index contributed by atoms with van der Waals surface area (Å²) in [7, 11) is 4.01. The Morgan fingerprint density at radius 1 is 0.808 bits per heavy atom. The van der Waals surface area contributed by atoms with E-state index in [1.54, 1.807) is 18.2 Å². The van der Waals surface area contributed by atoms with Crippen molar-refractivity contribution in [3.05, 3.63) is 64.3 Å². The first-order valence-corrected chi connectivity index (χ1v) is 8.78. The Balaban J connectivity index is 1.80. The molecular weight excluding hydrogens is 369 g/mol. The lowest BCUT2D eigenvalue weighted by Gasteiger charge is -2.13. The van der Waals surface area contributed by atoms with E-state index in [4.69, 9.17) is 23.2 Å². The van der Waals surface area contributed by atoms with E-state index < -0.39 is 0 Å². The maximum atomic E-state index is 6.05. The number of hydrogen-bond donors (Lipinski definition) is 2. The van der Waals surface area contributed by atoms with Crippen LogP contribution >= 0.6 is 23.2 Å². The van der Waals surface area contributed by atoms with Crippen molar-refractivity contribution in [1.82, 2.24) is 9.97 Å². The lowest BCUT2D eigenvalue weighted by atomic mass is 10.2. The van der Waals surface area contributed by atoms with Crippen LogP contribution in [0.15, 0.2) is 48.5 Å². The van der Waals surface area contributed by atoms with Crippen molar-refractivity contribution in [2.75, 3.05) is 29.6 Å². The molecule has 3 aromatic rings. The van der Waals surface area contributed by atoms with Gasteiger partial charge in [-0.05, 0) is 49.4 Å². The molecule has 1 heterocycles. The van der Waals surface area contributed by atoms with Crippen LogP contribution in [-0.4, -0.2) is 24.1 Å². The quantitative estimate of drug-likeness (QED) is 0.592. The van der Waals surface area contributed by atoms with E-state index in [2.05, 4.69) is 20.6 Å². The zero-order valence-electron chi connectivity index (χ0n) is 14.7. The summed E-state index contributed by atoms with van der Waals surface area (Å²) >= 11 is 12.1. The predicted molar refractivity (Wildman–Crippen MR) is 111 cm³/mol. The topological polar surface area (TPSA) is 53.1 Å². The van der Waals surface area contributed by atoms with E-state index in [1.165, 1.54) is 0 Å². The number of halogens is 2. The molecule has 0 aliphatic rings. The van der Waals surface area contributed by atoms with Gasteiger partial charge in [0, 0.05) is 53.0 Å². The smallest absolute Gasteiger partial charge is 0.229 e. The number of aryl methyl sites for hydroxylation is 1. The molecule has 5 nitrogen and oxygen atoms in total. The van der Waals surface area contributed by atoms with Gasteiger partial charge in [-0.25, -0.2) is 4.98 Å². The number of anilines is 5. The third-order valence-corrected chi connectivity index (χ3v) is 4.07. The summed E-state index contributed by atoms with van der Waals surface area (Å²) < 4.78 is 0. The largest absolute Gasteiger partial charge is 0.378 e. The molecule has 0 fully saturated rings. The fraction of sp³-hybridized carbons (Fsp3) is 0.158. The molecule has 26 heavy (non-hydrogen) atoms. The van der Waals surface area contributed by atoms with Crippen LogP contribution in [0, 0.1) is 6.92 Å². The second-order valence-corrected chi connectivity index (χ2v) is 6.94. The van der Waals surface area contributed by atoms with Crippen molar-refractivity contribution in [1.29, 1.82) is 0 Å². The molecule has 2 aromatic carbocycles. The summed E-state index contributed by atoms with van der Waals surface area (Å²) in [5.41, 5.74) is 3.64. The zero-order valence-corrected chi connectivity index (χ0v) is 16.2. The molecule has 3 rings (SSSR count). The molecule has 7 heteroatoms. The summed E-state index contributed by atoms with van der Waals surface area (Å²) in [6.45, 7) is 1.91. The lowest BCUT2D eigenvalue weighted by molar-refractivity contribution is 1.11. The molecule has 0 aliphatic heterocycles. The van der Waals surface area contributed by atoms with Crippen LogP contribution in [0.25, 0.3) is 0 Å². The highest BCUT2D eigenvalue weighted by Crippen LogP contribution is 2.26. The summed E-state index contributed by atoms with van der Waals surface area (Å²) in [6.07, 6.45) is 0. The van der Waals surface area contributed by atoms with Gasteiger partial charge in [0.2, 0.25) is 5.95 Å². The first-order valence-electron chi connectivity index (χ1n) is 8.02. The first kappa shape index (κ1) is 18.3. The Morgan fingerprint density at radius 2 is 1.46 bits per heavy atom. The van der Waals surface area contributed by atoms with Gasteiger partial charge in [0.15, 0.2) is 0 Å². The number of nitrogens with zero attached hydrogens (tertiary/aromatic N) is 3. The fourth-order valence-corrected chi connectivity index (χ4v) is 2.96. The maximum absolute atomic E-state index is 6.05. The Morgan fingerprint density at radius 3 is 2.08 bits per heavy atom. The van der Waals surface area contributed by atoms with Crippen LogP contribution < -0.4 is 15.5 Å². The van der Waals surface area contributed by atoms with Crippen molar-refractivity contribution in [3.63, 3.8) is 0 Å². The number of aromatic nitrogens is 2. The van der Waals surface area contributed by atoms with Gasteiger partial charge < -0.3 is 15.5 Å². The molecule has 0 radical (unpaired) electrons. The van der Waals surface area contributed by atoms with Crippen molar-refractivity contribution in [3.8, 4) is 0 Å². The summed E-state index contributed by atoms with van der Waals surface area (Å²) in [5, 5.41) is 7.56. The van der Waals surface area contributed by atoms with E-state index in [9.17, 15) is 0 Å². The molecule has 0 bridgehead atoms. The molecule has 0 amide bonds. The van der Waals surface area contributed by atoms with Gasteiger partial charge in [-0.3, -0.25) is 0 Å². The van der Waals surface area contributed by atoms with Gasteiger partial charge in [0.05, 0.1) is 0 Å². The molecule has 0 unspecified atom stereocenters. The third kappa shape index (κ3) is 4.77. The summed E-state index contributed by atoms with van der Waals surface area (Å²) in [4.78, 5) is 11.0. The maximum Gasteiger partial charge on any atom is 0.229 e. The Bertz CT molecular complexity index is 890. The van der Waals surface area contributed by atoms with E-state index in [0.29, 0.717) is 21.8 Å². The minimum atomic E-state index is 0.512. The van der Waals surface area contributed by atoms with E-state index >= 15 is 0 Å². The van der Waals surface area contributed by atoms with Crippen molar-refractivity contribution in [2.24, 2.45) is 0 Å². The highest BCUT2D eigenvalue weighted by molar-refractivity contribution is 6.35. The summed E-state index contributed by atoms with van der Waals surface area (Å²) in [6, 6.07) is 15.2. The van der Waals surface area contributed by atoms with Crippen LogP contribution in [0.2, 0.25) is 10.0 Å². The van der Waals surface area contributed by atoms with E-state index in [-0.39, 0.29) is 0 Å². The standard InChI is InChI=1S/C19H19Cl2N5/c1-12-8-18(23-16-10-13(20)9-14(21)11-16)25-19(22-12)24-15-4-6-17(7-5-15)26(2)3/h4-11H,1-3H3,(H2,22,23,24,25). The fourth-order valence-electron chi connectivity index (χ4n) is 2.43. The van der Waals surface area contributed by atoms with Crippen molar-refractivity contribution < 1.29 is 0 Å². The van der Waals surface area contributed by atoms with Crippen LogP contribution in [0.1, 0.15) is 5.69 Å². The highest BCUT2D eigenvalue weighted by Gasteiger charge is 2.05. The van der Waals surface area contributed by atoms with Crippen molar-refractivity contribution in [2.45, 2.75) is 6.92 Å². The molecule has 0 spiro atoms. The van der Waals surface area contributed by atoms with E-state index in [1.807, 2.05) is 56.3 Å².